The number of aromatic nitrogens is 3. The van der Waals surface area contributed by atoms with Crippen molar-refractivity contribution < 1.29 is 9.47 Å². The zero-order valence-electron chi connectivity index (χ0n) is 21.3. The fourth-order valence-corrected chi connectivity index (χ4v) is 5.24. The molecule has 0 bridgehead atoms. The Hall–Kier alpha value is -4.69. The van der Waals surface area contributed by atoms with E-state index in [1.807, 2.05) is 97.3 Å². The van der Waals surface area contributed by atoms with Gasteiger partial charge in [-0.3, -0.25) is 9.97 Å². The van der Waals surface area contributed by atoms with Crippen LogP contribution in [0, 0.1) is 0 Å². The molecule has 0 spiro atoms. The van der Waals surface area contributed by atoms with E-state index >= 15 is 0 Å². The number of nitrogens with zero attached hydrogens (tertiary/aromatic N) is 4. The molecule has 39 heavy (non-hydrogen) atoms. The summed E-state index contributed by atoms with van der Waals surface area (Å²) in [6.07, 6.45) is 5.73. The first-order valence-electron chi connectivity index (χ1n) is 12.7. The molecule has 0 unspecified atom stereocenters. The van der Waals surface area contributed by atoms with E-state index < -0.39 is 0 Å². The van der Waals surface area contributed by atoms with Gasteiger partial charge in [0, 0.05) is 30.0 Å². The van der Waals surface area contributed by atoms with E-state index in [1.165, 1.54) is 0 Å². The minimum Gasteiger partial charge on any atom is -0.497 e. The summed E-state index contributed by atoms with van der Waals surface area (Å²) >= 11 is 5.91. The van der Waals surface area contributed by atoms with Crippen molar-refractivity contribution in [3.63, 3.8) is 0 Å². The maximum atomic E-state index is 6.05. The van der Waals surface area contributed by atoms with Crippen molar-refractivity contribution in [1.82, 2.24) is 19.9 Å². The third-order valence-electron chi connectivity index (χ3n) is 6.73. The number of benzene rings is 2. The maximum Gasteiger partial charge on any atom is 0.174 e. The zero-order chi connectivity index (χ0) is 26.6. The van der Waals surface area contributed by atoms with Crippen molar-refractivity contribution in [2.24, 2.45) is 0 Å². The molecule has 0 radical (unpaired) electrons. The summed E-state index contributed by atoms with van der Waals surface area (Å²) in [5.74, 6) is 2.26. The highest BCUT2D eigenvalue weighted by Crippen LogP contribution is 2.42. The molecule has 2 aromatic carbocycles. The van der Waals surface area contributed by atoms with Crippen molar-refractivity contribution in [2.75, 3.05) is 12.0 Å². The average Bonchev–Trinajstić information content (AvgIpc) is 3.58. The predicted octanol–water partition coefficient (Wildman–Crippen LogP) is 6.30. The topological polar surface area (TPSA) is 64.4 Å². The number of thiocarbonyl (C=S) groups is 1. The van der Waals surface area contributed by atoms with Gasteiger partial charge in [-0.25, -0.2) is 0 Å². The van der Waals surface area contributed by atoms with Gasteiger partial charge in [0.2, 0.25) is 0 Å². The molecule has 0 amide bonds. The molecule has 1 fully saturated rings. The number of hydrogen-bond donors (Lipinski definition) is 1. The van der Waals surface area contributed by atoms with E-state index in [0.29, 0.717) is 11.7 Å². The Kier molecular flexibility index (Phi) is 6.93. The van der Waals surface area contributed by atoms with E-state index in [4.69, 9.17) is 21.7 Å². The number of anilines is 1. The van der Waals surface area contributed by atoms with Crippen LogP contribution in [0.5, 0.6) is 17.2 Å². The highest BCUT2D eigenvalue weighted by atomic mass is 32.1. The lowest BCUT2D eigenvalue weighted by molar-refractivity contribution is 0.413. The van der Waals surface area contributed by atoms with E-state index in [1.54, 1.807) is 7.11 Å². The summed E-state index contributed by atoms with van der Waals surface area (Å²) < 4.78 is 13.5. The van der Waals surface area contributed by atoms with Gasteiger partial charge >= 0.3 is 0 Å². The molecular formula is C31H27N5O2S. The highest BCUT2D eigenvalue weighted by molar-refractivity contribution is 7.80. The van der Waals surface area contributed by atoms with Crippen LogP contribution in [-0.4, -0.2) is 26.8 Å². The summed E-state index contributed by atoms with van der Waals surface area (Å²) in [7, 11) is 1.65. The molecule has 2 atom stereocenters. The van der Waals surface area contributed by atoms with Crippen molar-refractivity contribution in [2.45, 2.75) is 18.6 Å². The van der Waals surface area contributed by atoms with Gasteiger partial charge in [-0.2, -0.15) is 0 Å². The normalized spacial score (nSPS) is 16.6. The van der Waals surface area contributed by atoms with E-state index in [2.05, 4.69) is 43.1 Å². The van der Waals surface area contributed by atoms with Crippen LogP contribution >= 0.6 is 12.2 Å². The van der Waals surface area contributed by atoms with Crippen LogP contribution in [-0.2, 0) is 6.54 Å². The molecule has 1 aliphatic heterocycles. The SMILES string of the molecule is COc1ccc(Oc2ccc(N3C(=S)N[C@@H](c4ccccn4)[C@H]3c3cccn3Cc3ccccn3)cc2)cc1. The third-order valence-corrected chi connectivity index (χ3v) is 7.05. The van der Waals surface area contributed by atoms with Crippen LogP contribution in [0.2, 0.25) is 0 Å². The predicted molar refractivity (Wildman–Crippen MR) is 155 cm³/mol. The summed E-state index contributed by atoms with van der Waals surface area (Å²) in [4.78, 5) is 11.4. The minimum absolute atomic E-state index is 0.125. The van der Waals surface area contributed by atoms with Crippen molar-refractivity contribution in [1.29, 1.82) is 0 Å². The lowest BCUT2D eigenvalue weighted by atomic mass is 10.0. The van der Waals surface area contributed by atoms with Crippen molar-refractivity contribution >= 4 is 23.0 Å². The Bertz CT molecular complexity index is 1540. The lowest BCUT2D eigenvalue weighted by Gasteiger charge is -2.29. The van der Waals surface area contributed by atoms with Gasteiger partial charge in [-0.15, -0.1) is 0 Å². The Labute approximate surface area is 232 Å². The van der Waals surface area contributed by atoms with Gasteiger partial charge < -0.3 is 24.3 Å². The number of ether oxygens (including phenoxy) is 2. The van der Waals surface area contributed by atoms with Crippen molar-refractivity contribution in [3.8, 4) is 17.2 Å². The second kappa shape index (κ2) is 11.0. The van der Waals surface area contributed by atoms with Gasteiger partial charge in [0.25, 0.3) is 0 Å². The first-order valence-corrected chi connectivity index (χ1v) is 13.1. The quantitative estimate of drug-likeness (QED) is 0.235. The number of pyridine rings is 2. The van der Waals surface area contributed by atoms with E-state index in [-0.39, 0.29) is 12.1 Å². The lowest BCUT2D eigenvalue weighted by Crippen LogP contribution is -2.30. The minimum atomic E-state index is -0.133. The zero-order valence-corrected chi connectivity index (χ0v) is 22.2. The summed E-state index contributed by atoms with van der Waals surface area (Å²) in [5, 5.41) is 4.18. The van der Waals surface area contributed by atoms with Gasteiger partial charge in [0.1, 0.15) is 23.3 Å². The second-order valence-corrected chi connectivity index (χ2v) is 9.54. The molecule has 8 heteroatoms. The summed E-state index contributed by atoms with van der Waals surface area (Å²) in [5.41, 5.74) is 3.99. The smallest absolute Gasteiger partial charge is 0.174 e. The number of nitrogens with one attached hydrogen (secondary N) is 1. The van der Waals surface area contributed by atoms with Gasteiger partial charge in [0.15, 0.2) is 5.11 Å². The summed E-state index contributed by atoms with van der Waals surface area (Å²) in [6, 6.07) is 31.4. The van der Waals surface area contributed by atoms with Crippen LogP contribution in [0.15, 0.2) is 116 Å². The van der Waals surface area contributed by atoms with Gasteiger partial charge in [-0.1, -0.05) is 12.1 Å². The van der Waals surface area contributed by atoms with Gasteiger partial charge in [0.05, 0.1) is 31.1 Å². The van der Waals surface area contributed by atoms with Crippen LogP contribution in [0.1, 0.15) is 29.2 Å². The molecule has 5 aromatic rings. The Balaban J connectivity index is 1.33. The van der Waals surface area contributed by atoms with Crippen LogP contribution in [0.4, 0.5) is 5.69 Å². The highest BCUT2D eigenvalue weighted by Gasteiger charge is 2.42. The van der Waals surface area contributed by atoms with Crippen molar-refractivity contribution in [3.05, 3.63) is 133 Å². The molecule has 6 rings (SSSR count). The van der Waals surface area contributed by atoms with E-state index in [9.17, 15) is 0 Å². The van der Waals surface area contributed by atoms with Gasteiger partial charge in [-0.05, 0) is 97.1 Å². The molecule has 0 aliphatic carbocycles. The Morgan fingerprint density at radius 3 is 2.15 bits per heavy atom. The van der Waals surface area contributed by atoms with Crippen LogP contribution < -0.4 is 19.7 Å². The monoisotopic (exact) mass is 533 g/mol. The molecule has 1 N–H and O–H groups in total. The second-order valence-electron chi connectivity index (χ2n) is 9.15. The fraction of sp³-hybridized carbons (Fsp3) is 0.129. The Morgan fingerprint density at radius 1 is 0.795 bits per heavy atom. The molecule has 0 saturated carbocycles. The van der Waals surface area contributed by atoms with Crippen LogP contribution in [0.3, 0.4) is 0 Å². The first kappa shape index (κ1) is 24.6. The molecular weight excluding hydrogens is 506 g/mol. The first-order chi connectivity index (χ1) is 19.2. The standard InChI is InChI=1S/C31H27N5O2S/c1-37-24-14-16-26(17-15-24)38-25-12-10-23(11-13-25)36-30(29(34-31(36)39)27-8-3-5-19-33-27)28-9-6-20-35(28)21-22-7-2-4-18-32-22/h2-20,29-30H,21H2,1H3,(H,34,39)/t29-,30+/m0/s1. The third kappa shape index (κ3) is 5.19. The average molecular weight is 534 g/mol. The summed E-state index contributed by atoms with van der Waals surface area (Å²) in [6.45, 7) is 0.657. The maximum absolute atomic E-state index is 6.05. The number of rotatable bonds is 8. The molecule has 3 aromatic heterocycles. The fourth-order valence-electron chi connectivity index (χ4n) is 4.89. The van der Waals surface area contributed by atoms with Crippen LogP contribution in [0.25, 0.3) is 0 Å². The Morgan fingerprint density at radius 2 is 1.49 bits per heavy atom. The number of methoxy groups -OCH3 is 1. The molecule has 1 saturated heterocycles. The largest absolute Gasteiger partial charge is 0.497 e. The molecule has 194 valence electrons. The molecule has 1 aliphatic rings. The molecule has 7 nitrogen and oxygen atoms in total. The molecule has 4 heterocycles. The number of hydrogen-bond acceptors (Lipinski definition) is 5. The van der Waals surface area contributed by atoms with E-state index in [0.717, 1.165) is 40.0 Å².